The summed E-state index contributed by atoms with van der Waals surface area (Å²) in [5.74, 6) is 0. The fraction of sp³-hybridized carbons (Fsp3) is 0.0667. The van der Waals surface area contributed by atoms with Gasteiger partial charge in [0.1, 0.15) is 7.05 Å². The second-order valence-corrected chi connectivity index (χ2v) is 3.80. The Balaban J connectivity index is 0.00000162. The zero-order chi connectivity index (χ0) is 12.1. The van der Waals surface area contributed by atoms with Crippen LogP contribution in [0, 0.1) is 11.3 Å². The predicted molar refractivity (Wildman–Crippen MR) is 67.7 cm³/mol. The van der Waals surface area contributed by atoms with Crippen molar-refractivity contribution in [2.75, 3.05) is 0 Å². The molecule has 90 valence electrons. The molecule has 3 heteroatoms. The molecular weight excluding hydrogens is 335 g/mol. The van der Waals surface area contributed by atoms with Gasteiger partial charge in [-0.3, -0.25) is 0 Å². The molecule has 0 bridgehead atoms. The van der Waals surface area contributed by atoms with Gasteiger partial charge in [-0.05, 0) is 29.8 Å². The van der Waals surface area contributed by atoms with E-state index in [1.54, 1.807) is 0 Å². The minimum Gasteiger partial charge on any atom is -1.00 e. The van der Waals surface area contributed by atoms with Gasteiger partial charge in [0.05, 0.1) is 11.6 Å². The second kappa shape index (κ2) is 6.92. The maximum absolute atomic E-state index is 8.70. The minimum atomic E-state index is 0. The molecule has 0 N–H and O–H groups in total. The summed E-state index contributed by atoms with van der Waals surface area (Å²) < 4.78 is 2.06. The van der Waals surface area contributed by atoms with Crippen molar-refractivity contribution >= 4 is 12.2 Å². The van der Waals surface area contributed by atoms with Crippen molar-refractivity contribution in [3.8, 4) is 6.07 Å². The first-order chi connectivity index (χ1) is 8.29. The average Bonchev–Trinajstić information content (AvgIpc) is 2.38. The van der Waals surface area contributed by atoms with Gasteiger partial charge in [0.25, 0.3) is 0 Å². The first kappa shape index (κ1) is 14.4. The summed E-state index contributed by atoms with van der Waals surface area (Å²) in [6, 6.07) is 15.7. The topological polar surface area (TPSA) is 27.7 Å². The van der Waals surface area contributed by atoms with Gasteiger partial charge < -0.3 is 24.0 Å². The molecule has 2 aromatic rings. The molecule has 0 saturated carbocycles. The fourth-order valence-corrected chi connectivity index (χ4v) is 1.56. The van der Waals surface area contributed by atoms with E-state index in [1.807, 2.05) is 55.7 Å². The Kier molecular flexibility index (Phi) is 5.53. The molecule has 0 aliphatic carbocycles. The van der Waals surface area contributed by atoms with Gasteiger partial charge >= 0.3 is 0 Å². The SMILES string of the molecule is C[n+]1ccccc1/C=C/c1ccc(C#N)cc1.[I-]. The molecular formula is C15H13IN2. The number of nitrogens with zero attached hydrogens (tertiary/aromatic N) is 2. The number of rotatable bonds is 2. The smallest absolute Gasteiger partial charge is 0.204 e. The molecule has 2 nitrogen and oxygen atoms in total. The largest absolute Gasteiger partial charge is 1.00 e. The van der Waals surface area contributed by atoms with Crippen LogP contribution >= 0.6 is 0 Å². The summed E-state index contributed by atoms with van der Waals surface area (Å²) in [5.41, 5.74) is 2.91. The summed E-state index contributed by atoms with van der Waals surface area (Å²) in [4.78, 5) is 0. The minimum absolute atomic E-state index is 0. The molecule has 0 fully saturated rings. The highest BCUT2D eigenvalue weighted by Crippen LogP contribution is 2.07. The van der Waals surface area contributed by atoms with Crippen LogP contribution in [0.3, 0.4) is 0 Å². The average molecular weight is 348 g/mol. The lowest BCUT2D eigenvalue weighted by atomic mass is 10.1. The lowest BCUT2D eigenvalue weighted by molar-refractivity contribution is -0.673. The molecule has 1 aromatic carbocycles. The van der Waals surface area contributed by atoms with Gasteiger partial charge in [0.15, 0.2) is 6.20 Å². The van der Waals surface area contributed by atoms with Crippen molar-refractivity contribution in [2.45, 2.75) is 0 Å². The normalized spacial score (nSPS) is 9.78. The van der Waals surface area contributed by atoms with Gasteiger partial charge in [-0.15, -0.1) is 0 Å². The van der Waals surface area contributed by atoms with Crippen LogP contribution in [0.15, 0.2) is 48.7 Å². The van der Waals surface area contributed by atoms with Gasteiger partial charge in [0, 0.05) is 18.2 Å². The molecule has 0 amide bonds. The highest BCUT2D eigenvalue weighted by atomic mass is 127. The summed E-state index contributed by atoms with van der Waals surface area (Å²) in [5, 5.41) is 8.70. The molecule has 0 aliphatic rings. The molecule has 2 rings (SSSR count). The van der Waals surface area contributed by atoms with E-state index in [1.165, 1.54) is 0 Å². The number of benzene rings is 1. The number of nitriles is 1. The maximum Gasteiger partial charge on any atom is 0.204 e. The van der Waals surface area contributed by atoms with E-state index in [-0.39, 0.29) is 24.0 Å². The van der Waals surface area contributed by atoms with Crippen LogP contribution in [-0.4, -0.2) is 0 Å². The fourth-order valence-electron chi connectivity index (χ4n) is 1.56. The molecule has 0 radical (unpaired) electrons. The molecule has 0 spiro atoms. The van der Waals surface area contributed by atoms with Crippen molar-refractivity contribution in [3.05, 3.63) is 65.5 Å². The van der Waals surface area contributed by atoms with Gasteiger partial charge in [0.2, 0.25) is 5.69 Å². The van der Waals surface area contributed by atoms with Crippen molar-refractivity contribution in [1.29, 1.82) is 5.26 Å². The summed E-state index contributed by atoms with van der Waals surface area (Å²) in [6.07, 6.45) is 6.11. The van der Waals surface area contributed by atoms with Crippen LogP contribution in [0.25, 0.3) is 12.2 Å². The van der Waals surface area contributed by atoms with Crippen molar-refractivity contribution in [1.82, 2.24) is 0 Å². The Labute approximate surface area is 124 Å². The molecule has 18 heavy (non-hydrogen) atoms. The van der Waals surface area contributed by atoms with Crippen LogP contribution in [0.5, 0.6) is 0 Å². The van der Waals surface area contributed by atoms with Crippen LogP contribution in [0.1, 0.15) is 16.8 Å². The number of halogens is 1. The first-order valence-electron chi connectivity index (χ1n) is 5.42. The van der Waals surface area contributed by atoms with Crippen LogP contribution in [-0.2, 0) is 7.05 Å². The molecule has 0 unspecified atom stereocenters. The number of hydrogen-bond acceptors (Lipinski definition) is 1. The molecule has 0 atom stereocenters. The Bertz CT molecular complexity index is 580. The summed E-state index contributed by atoms with van der Waals surface area (Å²) in [6.45, 7) is 0. The number of pyridine rings is 1. The van der Waals surface area contributed by atoms with Gasteiger partial charge in [-0.25, -0.2) is 4.57 Å². The summed E-state index contributed by atoms with van der Waals surface area (Å²) >= 11 is 0. The van der Waals surface area contributed by atoms with E-state index in [2.05, 4.69) is 22.8 Å². The molecule has 1 heterocycles. The third-order valence-electron chi connectivity index (χ3n) is 2.58. The number of aryl methyl sites for hydroxylation is 1. The van der Waals surface area contributed by atoms with Crippen molar-refractivity contribution in [2.24, 2.45) is 7.05 Å². The van der Waals surface area contributed by atoms with Crippen LogP contribution in [0.4, 0.5) is 0 Å². The highest BCUT2D eigenvalue weighted by Gasteiger charge is 1.98. The van der Waals surface area contributed by atoms with Crippen LogP contribution in [0.2, 0.25) is 0 Å². The van der Waals surface area contributed by atoms with E-state index in [9.17, 15) is 0 Å². The number of hydrogen-bond donors (Lipinski definition) is 0. The Morgan fingerprint density at radius 1 is 1.06 bits per heavy atom. The lowest BCUT2D eigenvalue weighted by Crippen LogP contribution is -3.00. The zero-order valence-electron chi connectivity index (χ0n) is 10.0. The third-order valence-corrected chi connectivity index (χ3v) is 2.58. The highest BCUT2D eigenvalue weighted by molar-refractivity contribution is 5.67. The van der Waals surface area contributed by atoms with E-state index < -0.39 is 0 Å². The lowest BCUT2D eigenvalue weighted by Gasteiger charge is -1.94. The molecule has 0 aliphatic heterocycles. The maximum atomic E-state index is 8.70. The Hall–Kier alpha value is -1.67. The molecule has 1 aromatic heterocycles. The third kappa shape index (κ3) is 3.67. The summed E-state index contributed by atoms with van der Waals surface area (Å²) in [7, 11) is 2.01. The standard InChI is InChI=1S/C15H13N2.HI/c1-17-11-3-2-4-15(17)10-9-13-5-7-14(12-16)8-6-13;/h2-11H,1H3;1H/q+1;/p-1/b10-9+;. The van der Waals surface area contributed by atoms with Crippen molar-refractivity contribution in [3.63, 3.8) is 0 Å². The predicted octanol–water partition coefficient (Wildman–Crippen LogP) is -0.443. The van der Waals surface area contributed by atoms with E-state index in [0.717, 1.165) is 11.3 Å². The van der Waals surface area contributed by atoms with E-state index >= 15 is 0 Å². The van der Waals surface area contributed by atoms with E-state index in [4.69, 9.17) is 5.26 Å². The van der Waals surface area contributed by atoms with E-state index in [0.29, 0.717) is 5.56 Å². The second-order valence-electron chi connectivity index (χ2n) is 3.80. The van der Waals surface area contributed by atoms with Crippen LogP contribution < -0.4 is 28.5 Å². The number of aromatic nitrogens is 1. The Morgan fingerprint density at radius 3 is 2.39 bits per heavy atom. The quantitative estimate of drug-likeness (QED) is 0.534. The zero-order valence-corrected chi connectivity index (χ0v) is 12.2. The van der Waals surface area contributed by atoms with Crippen molar-refractivity contribution < 1.29 is 28.5 Å². The molecule has 0 saturated heterocycles. The van der Waals surface area contributed by atoms with Gasteiger partial charge in [-0.2, -0.15) is 5.26 Å². The monoisotopic (exact) mass is 348 g/mol. The first-order valence-corrected chi connectivity index (χ1v) is 5.42. The van der Waals surface area contributed by atoms with Gasteiger partial charge in [-0.1, -0.05) is 12.1 Å². The Morgan fingerprint density at radius 2 is 1.78 bits per heavy atom.